The molecular formula is C20H19FN2O3. The molecule has 0 aliphatic heterocycles. The van der Waals surface area contributed by atoms with Gasteiger partial charge < -0.3 is 10.6 Å². The zero-order chi connectivity index (χ0) is 18.5. The number of ketones is 1. The molecule has 0 bridgehead atoms. The molecule has 0 saturated heterocycles. The van der Waals surface area contributed by atoms with Crippen LogP contribution in [0.25, 0.3) is 0 Å². The molecule has 6 heteroatoms. The summed E-state index contributed by atoms with van der Waals surface area (Å²) in [6, 6.07) is 13.0. The lowest BCUT2D eigenvalue weighted by Crippen LogP contribution is -2.51. The van der Waals surface area contributed by atoms with Crippen LogP contribution in [0.4, 0.5) is 4.39 Å². The van der Waals surface area contributed by atoms with Gasteiger partial charge in [-0.3, -0.25) is 14.4 Å². The molecule has 2 amide bonds. The standard InChI is InChI=1S/C20H19FN2O3/c21-16-10-8-15(9-11-16)19(25)23-17(18(24)14-6-7-14)20(26)22-12-13-4-2-1-3-5-13/h1-5,8-11,14,17H,6-7,12H2,(H,22,26)(H,23,25). The summed E-state index contributed by atoms with van der Waals surface area (Å²) in [5.74, 6) is -2.06. The maximum atomic E-state index is 13.0. The van der Waals surface area contributed by atoms with Gasteiger partial charge in [-0.05, 0) is 42.7 Å². The monoisotopic (exact) mass is 354 g/mol. The molecule has 0 spiro atoms. The molecule has 1 saturated carbocycles. The third-order valence-electron chi connectivity index (χ3n) is 4.22. The van der Waals surface area contributed by atoms with E-state index in [1.807, 2.05) is 30.3 Å². The van der Waals surface area contributed by atoms with Crippen molar-refractivity contribution in [3.8, 4) is 0 Å². The van der Waals surface area contributed by atoms with Crippen LogP contribution in [-0.2, 0) is 16.1 Å². The van der Waals surface area contributed by atoms with Crippen molar-refractivity contribution in [3.63, 3.8) is 0 Å². The number of carbonyl (C=O) groups excluding carboxylic acids is 3. The van der Waals surface area contributed by atoms with Crippen LogP contribution in [0.3, 0.4) is 0 Å². The van der Waals surface area contributed by atoms with E-state index in [1.165, 1.54) is 12.1 Å². The van der Waals surface area contributed by atoms with Gasteiger partial charge in [-0.2, -0.15) is 0 Å². The maximum absolute atomic E-state index is 13.0. The predicted molar refractivity (Wildman–Crippen MR) is 93.7 cm³/mol. The lowest BCUT2D eigenvalue weighted by Gasteiger charge is -2.17. The fourth-order valence-electron chi connectivity index (χ4n) is 2.57. The fraction of sp³-hybridized carbons (Fsp3) is 0.250. The van der Waals surface area contributed by atoms with Crippen molar-refractivity contribution in [1.82, 2.24) is 10.6 Å². The van der Waals surface area contributed by atoms with E-state index in [0.717, 1.165) is 30.5 Å². The summed E-state index contributed by atoms with van der Waals surface area (Å²) in [4.78, 5) is 37.3. The third-order valence-corrected chi connectivity index (χ3v) is 4.22. The van der Waals surface area contributed by atoms with E-state index in [4.69, 9.17) is 0 Å². The number of nitrogens with one attached hydrogen (secondary N) is 2. The summed E-state index contributed by atoms with van der Waals surface area (Å²) in [5, 5.41) is 5.18. The second-order valence-corrected chi connectivity index (χ2v) is 6.29. The Kier molecular flexibility index (Phi) is 5.41. The highest BCUT2D eigenvalue weighted by Gasteiger charge is 2.39. The summed E-state index contributed by atoms with van der Waals surface area (Å²) in [6.45, 7) is 0.264. The molecule has 1 atom stereocenters. The van der Waals surface area contributed by atoms with Crippen molar-refractivity contribution in [2.24, 2.45) is 5.92 Å². The Morgan fingerprint density at radius 1 is 1.00 bits per heavy atom. The largest absolute Gasteiger partial charge is 0.350 e. The Labute approximate surface area is 150 Å². The first-order valence-electron chi connectivity index (χ1n) is 8.46. The van der Waals surface area contributed by atoms with Crippen molar-refractivity contribution < 1.29 is 18.8 Å². The molecule has 2 N–H and O–H groups in total. The first-order chi connectivity index (χ1) is 12.5. The van der Waals surface area contributed by atoms with Gasteiger partial charge in [0.1, 0.15) is 5.82 Å². The van der Waals surface area contributed by atoms with Crippen molar-refractivity contribution in [2.45, 2.75) is 25.4 Å². The van der Waals surface area contributed by atoms with E-state index >= 15 is 0 Å². The van der Waals surface area contributed by atoms with Crippen LogP contribution in [0.2, 0.25) is 0 Å². The molecule has 5 nitrogen and oxygen atoms in total. The Hall–Kier alpha value is -3.02. The van der Waals surface area contributed by atoms with Crippen molar-refractivity contribution >= 4 is 17.6 Å². The van der Waals surface area contributed by atoms with Crippen LogP contribution in [0.15, 0.2) is 54.6 Å². The van der Waals surface area contributed by atoms with E-state index in [2.05, 4.69) is 10.6 Å². The molecule has 26 heavy (non-hydrogen) atoms. The first kappa shape index (κ1) is 17.8. The molecule has 2 aromatic rings. The molecule has 0 heterocycles. The average molecular weight is 354 g/mol. The summed E-state index contributed by atoms with van der Waals surface area (Å²) in [6.07, 6.45) is 1.46. The highest BCUT2D eigenvalue weighted by atomic mass is 19.1. The normalized spacial score (nSPS) is 14.3. The minimum Gasteiger partial charge on any atom is -0.350 e. The van der Waals surface area contributed by atoms with Gasteiger partial charge in [-0.25, -0.2) is 4.39 Å². The number of hydrogen-bond acceptors (Lipinski definition) is 3. The van der Waals surface area contributed by atoms with Gasteiger partial charge in [-0.1, -0.05) is 30.3 Å². The zero-order valence-corrected chi connectivity index (χ0v) is 14.1. The lowest BCUT2D eigenvalue weighted by molar-refractivity contribution is -0.131. The molecule has 1 unspecified atom stereocenters. The molecule has 1 fully saturated rings. The Morgan fingerprint density at radius 2 is 1.65 bits per heavy atom. The number of amides is 2. The Bertz CT molecular complexity index is 802. The van der Waals surface area contributed by atoms with Gasteiger partial charge in [0.15, 0.2) is 11.8 Å². The first-order valence-corrected chi connectivity index (χ1v) is 8.46. The third kappa shape index (κ3) is 4.53. The Morgan fingerprint density at radius 3 is 2.27 bits per heavy atom. The highest BCUT2D eigenvalue weighted by molar-refractivity contribution is 6.11. The van der Waals surface area contributed by atoms with Gasteiger partial charge in [0.05, 0.1) is 0 Å². The van der Waals surface area contributed by atoms with E-state index < -0.39 is 23.7 Å². The van der Waals surface area contributed by atoms with Crippen LogP contribution in [-0.4, -0.2) is 23.6 Å². The zero-order valence-electron chi connectivity index (χ0n) is 14.1. The second kappa shape index (κ2) is 7.91. The molecule has 2 aromatic carbocycles. The number of benzene rings is 2. The summed E-state index contributed by atoms with van der Waals surface area (Å²) in [7, 11) is 0. The number of hydrogen-bond donors (Lipinski definition) is 2. The van der Waals surface area contributed by atoms with Crippen LogP contribution < -0.4 is 10.6 Å². The molecular weight excluding hydrogens is 335 g/mol. The average Bonchev–Trinajstić information content (AvgIpc) is 3.50. The van der Waals surface area contributed by atoms with Gasteiger partial charge in [0.25, 0.3) is 11.8 Å². The summed E-state index contributed by atoms with van der Waals surface area (Å²) >= 11 is 0. The van der Waals surface area contributed by atoms with Crippen LogP contribution >= 0.6 is 0 Å². The molecule has 0 aromatic heterocycles. The fourth-order valence-corrected chi connectivity index (χ4v) is 2.57. The number of carbonyl (C=O) groups is 3. The van der Waals surface area contributed by atoms with E-state index in [9.17, 15) is 18.8 Å². The molecule has 3 rings (SSSR count). The molecule has 1 aliphatic carbocycles. The molecule has 0 radical (unpaired) electrons. The maximum Gasteiger partial charge on any atom is 0.252 e. The minimum absolute atomic E-state index is 0.184. The summed E-state index contributed by atoms with van der Waals surface area (Å²) in [5.41, 5.74) is 1.08. The SMILES string of the molecule is O=C(NC(C(=O)NCc1ccccc1)C(=O)C1CC1)c1ccc(F)cc1. The number of halogens is 1. The minimum atomic E-state index is -1.25. The lowest BCUT2D eigenvalue weighted by atomic mass is 10.1. The van der Waals surface area contributed by atoms with Crippen molar-refractivity contribution in [3.05, 3.63) is 71.5 Å². The van der Waals surface area contributed by atoms with Gasteiger partial charge in [0, 0.05) is 18.0 Å². The Balaban J connectivity index is 1.68. The summed E-state index contributed by atoms with van der Waals surface area (Å²) < 4.78 is 13.0. The van der Waals surface area contributed by atoms with Crippen LogP contribution in [0.5, 0.6) is 0 Å². The smallest absolute Gasteiger partial charge is 0.252 e. The van der Waals surface area contributed by atoms with E-state index in [1.54, 1.807) is 0 Å². The second-order valence-electron chi connectivity index (χ2n) is 6.29. The number of Topliss-reactive ketones (excluding diaryl/α,β-unsaturated/α-hetero) is 1. The quantitative estimate of drug-likeness (QED) is 0.749. The van der Waals surface area contributed by atoms with Crippen molar-refractivity contribution in [2.75, 3.05) is 0 Å². The van der Waals surface area contributed by atoms with Crippen LogP contribution in [0.1, 0.15) is 28.8 Å². The number of rotatable bonds is 7. The molecule has 1 aliphatic rings. The van der Waals surface area contributed by atoms with E-state index in [0.29, 0.717) is 0 Å². The van der Waals surface area contributed by atoms with Gasteiger partial charge in [-0.15, -0.1) is 0 Å². The van der Waals surface area contributed by atoms with E-state index in [-0.39, 0.29) is 23.8 Å². The highest BCUT2D eigenvalue weighted by Crippen LogP contribution is 2.31. The van der Waals surface area contributed by atoms with Gasteiger partial charge in [0.2, 0.25) is 0 Å². The van der Waals surface area contributed by atoms with Crippen molar-refractivity contribution in [1.29, 1.82) is 0 Å². The molecule has 134 valence electrons. The topological polar surface area (TPSA) is 75.3 Å². The van der Waals surface area contributed by atoms with Crippen LogP contribution in [0, 0.1) is 11.7 Å². The predicted octanol–water partition coefficient (Wildman–Crippen LogP) is 2.22. The van der Waals surface area contributed by atoms with Gasteiger partial charge >= 0.3 is 0 Å².